The third-order valence-electron chi connectivity index (χ3n) is 5.44. The molecule has 8 heteroatoms. The molecule has 0 fully saturated rings. The highest BCUT2D eigenvalue weighted by Gasteiger charge is 2.34. The number of thiazole rings is 1. The molecule has 1 aromatic heterocycles. The molecule has 0 saturated carbocycles. The number of nitrogens with zero attached hydrogens (tertiary/aromatic N) is 1. The summed E-state index contributed by atoms with van der Waals surface area (Å²) in [5.41, 5.74) is -0.356. The molecule has 3 aromatic carbocycles. The molecular formula is C24H21ClN2O4S. The Balaban J connectivity index is 1.74. The second-order valence-electron chi connectivity index (χ2n) is 7.59. The number of carbonyl (C=O) groups is 2. The molecule has 1 heterocycles. The van der Waals surface area contributed by atoms with Crippen molar-refractivity contribution >= 4 is 55.8 Å². The third kappa shape index (κ3) is 4.13. The summed E-state index contributed by atoms with van der Waals surface area (Å²) in [6.45, 7) is 3.33. The summed E-state index contributed by atoms with van der Waals surface area (Å²) in [6, 6.07) is 16.7. The van der Waals surface area contributed by atoms with Crippen LogP contribution in [0.4, 0.5) is 0 Å². The molecule has 6 nitrogen and oxygen atoms in total. The van der Waals surface area contributed by atoms with Gasteiger partial charge in [0.25, 0.3) is 5.91 Å². The molecule has 4 rings (SSSR count). The summed E-state index contributed by atoms with van der Waals surface area (Å²) in [5, 5.41) is 14.7. The second-order valence-corrected chi connectivity index (χ2v) is 9.11. The van der Waals surface area contributed by atoms with Crippen molar-refractivity contribution in [1.29, 1.82) is 0 Å². The zero-order chi connectivity index (χ0) is 22.9. The molecule has 0 unspecified atom stereocenters. The van der Waals surface area contributed by atoms with Crippen molar-refractivity contribution in [2.75, 3.05) is 0 Å². The lowest BCUT2D eigenvalue weighted by atomic mass is 9.97. The van der Waals surface area contributed by atoms with Gasteiger partial charge in [0, 0.05) is 15.8 Å². The molecule has 0 radical (unpaired) electrons. The van der Waals surface area contributed by atoms with E-state index in [0.29, 0.717) is 16.2 Å². The zero-order valence-electron chi connectivity index (χ0n) is 17.5. The number of ether oxygens (including phenoxy) is 1. The molecule has 4 aromatic rings. The molecule has 0 aliphatic carbocycles. The van der Waals surface area contributed by atoms with Crippen LogP contribution < -0.4 is 10.1 Å². The van der Waals surface area contributed by atoms with Crippen LogP contribution in [0.25, 0.3) is 21.0 Å². The van der Waals surface area contributed by atoms with Crippen LogP contribution in [0, 0.1) is 0 Å². The van der Waals surface area contributed by atoms with Crippen molar-refractivity contribution in [2.24, 2.45) is 0 Å². The number of para-hydroxylation sites is 1. The van der Waals surface area contributed by atoms with E-state index in [0.717, 1.165) is 20.6 Å². The fourth-order valence-corrected chi connectivity index (χ4v) is 4.51. The normalized spacial score (nSPS) is 13.1. The predicted octanol–water partition coefficient (Wildman–Crippen LogP) is 5.67. The van der Waals surface area contributed by atoms with Gasteiger partial charge in [-0.2, -0.15) is 0 Å². The number of hydrogen-bond donors (Lipinski definition) is 2. The number of rotatable bonds is 7. The van der Waals surface area contributed by atoms with Crippen LogP contribution in [0.5, 0.6) is 5.75 Å². The number of aromatic nitrogens is 1. The average molecular weight is 469 g/mol. The molecule has 0 saturated heterocycles. The maximum Gasteiger partial charge on any atom is 0.329 e. The number of carbonyl (C=O) groups excluding carboxylic acids is 1. The van der Waals surface area contributed by atoms with Crippen molar-refractivity contribution in [3.63, 3.8) is 0 Å². The fraction of sp³-hybridized carbons (Fsp3) is 0.208. The Kier molecular flexibility index (Phi) is 6.04. The number of fused-ring (bicyclic) bond motifs is 2. The first kappa shape index (κ1) is 22.0. The quantitative estimate of drug-likeness (QED) is 0.365. The van der Waals surface area contributed by atoms with E-state index in [2.05, 4.69) is 10.3 Å². The van der Waals surface area contributed by atoms with E-state index < -0.39 is 17.4 Å². The summed E-state index contributed by atoms with van der Waals surface area (Å²) >= 11 is 7.97. The number of carboxylic acids is 1. The minimum Gasteiger partial charge on any atom is -0.485 e. The highest BCUT2D eigenvalue weighted by Crippen LogP contribution is 2.36. The van der Waals surface area contributed by atoms with Crippen LogP contribution in [-0.2, 0) is 11.4 Å². The van der Waals surface area contributed by atoms with Gasteiger partial charge in [-0.15, -0.1) is 11.3 Å². The topological polar surface area (TPSA) is 88.5 Å². The summed E-state index contributed by atoms with van der Waals surface area (Å²) < 4.78 is 7.18. The van der Waals surface area contributed by atoms with Crippen LogP contribution in [0.2, 0.25) is 5.02 Å². The van der Waals surface area contributed by atoms with E-state index in [1.165, 1.54) is 24.3 Å². The van der Waals surface area contributed by atoms with Gasteiger partial charge >= 0.3 is 5.97 Å². The van der Waals surface area contributed by atoms with Gasteiger partial charge in [-0.05, 0) is 31.5 Å². The monoisotopic (exact) mass is 468 g/mol. The summed E-state index contributed by atoms with van der Waals surface area (Å²) in [5.74, 6) is -1.34. The largest absolute Gasteiger partial charge is 0.485 e. The van der Waals surface area contributed by atoms with Crippen LogP contribution >= 0.6 is 22.9 Å². The second kappa shape index (κ2) is 8.76. The van der Waals surface area contributed by atoms with Crippen LogP contribution in [-0.4, -0.2) is 27.5 Å². The van der Waals surface area contributed by atoms with Gasteiger partial charge in [0.1, 0.15) is 22.9 Å². The van der Waals surface area contributed by atoms with Crippen molar-refractivity contribution < 1.29 is 19.4 Å². The van der Waals surface area contributed by atoms with Crippen molar-refractivity contribution in [3.05, 3.63) is 70.2 Å². The van der Waals surface area contributed by atoms with E-state index in [9.17, 15) is 14.7 Å². The Bertz CT molecular complexity index is 1300. The lowest BCUT2D eigenvalue weighted by Crippen LogP contribution is -2.51. The Morgan fingerprint density at radius 1 is 1.16 bits per heavy atom. The number of carboxylic acid groups (broad SMARTS) is 1. The smallest absolute Gasteiger partial charge is 0.329 e. The first-order valence-corrected chi connectivity index (χ1v) is 11.3. The molecule has 164 valence electrons. The average Bonchev–Trinajstić information content (AvgIpc) is 3.21. The van der Waals surface area contributed by atoms with Gasteiger partial charge in [0.05, 0.1) is 15.8 Å². The molecule has 2 N–H and O–H groups in total. The predicted molar refractivity (Wildman–Crippen MR) is 127 cm³/mol. The van der Waals surface area contributed by atoms with Gasteiger partial charge in [-0.1, -0.05) is 54.9 Å². The van der Waals surface area contributed by atoms with Gasteiger partial charge in [0.2, 0.25) is 0 Å². The fourth-order valence-electron chi connectivity index (χ4n) is 3.36. The zero-order valence-corrected chi connectivity index (χ0v) is 19.1. The summed E-state index contributed by atoms with van der Waals surface area (Å²) in [7, 11) is 0. The molecule has 1 amide bonds. The van der Waals surface area contributed by atoms with E-state index in [-0.39, 0.29) is 18.6 Å². The van der Waals surface area contributed by atoms with Gasteiger partial charge in [0.15, 0.2) is 0 Å². The Labute approximate surface area is 193 Å². The molecular weight excluding hydrogens is 448 g/mol. The van der Waals surface area contributed by atoms with Gasteiger partial charge in [-0.25, -0.2) is 9.78 Å². The third-order valence-corrected chi connectivity index (χ3v) is 6.76. The molecule has 1 atom stereocenters. The number of benzene rings is 3. The van der Waals surface area contributed by atoms with Gasteiger partial charge < -0.3 is 15.2 Å². The Morgan fingerprint density at radius 2 is 1.84 bits per heavy atom. The lowest BCUT2D eigenvalue weighted by Gasteiger charge is -2.25. The SMILES string of the molecule is CC[C@](C)(NC(=O)c1cc(Cl)c2ccccc2c1OCc1nc2ccccc2s1)C(=O)O. The molecule has 32 heavy (non-hydrogen) atoms. The first-order chi connectivity index (χ1) is 15.3. The number of amides is 1. The number of halogens is 1. The van der Waals surface area contributed by atoms with Crippen molar-refractivity contribution in [2.45, 2.75) is 32.4 Å². The molecule has 0 aliphatic heterocycles. The van der Waals surface area contributed by atoms with Crippen LogP contribution in [0.1, 0.15) is 35.6 Å². The minimum atomic E-state index is -1.42. The number of aliphatic carboxylic acids is 1. The lowest BCUT2D eigenvalue weighted by molar-refractivity contribution is -0.143. The van der Waals surface area contributed by atoms with E-state index >= 15 is 0 Å². The molecule has 0 bridgehead atoms. The molecule has 0 aliphatic rings. The summed E-state index contributed by atoms with van der Waals surface area (Å²) in [6.07, 6.45) is 0.220. The highest BCUT2D eigenvalue weighted by molar-refractivity contribution is 7.18. The first-order valence-electron chi connectivity index (χ1n) is 10.1. The highest BCUT2D eigenvalue weighted by atomic mass is 35.5. The minimum absolute atomic E-state index is 0.162. The molecule has 0 spiro atoms. The van der Waals surface area contributed by atoms with Crippen LogP contribution in [0.15, 0.2) is 54.6 Å². The summed E-state index contributed by atoms with van der Waals surface area (Å²) in [4.78, 5) is 29.5. The number of nitrogens with one attached hydrogen (secondary N) is 1. The van der Waals surface area contributed by atoms with E-state index in [1.54, 1.807) is 6.92 Å². The Morgan fingerprint density at radius 3 is 2.53 bits per heavy atom. The Hall–Kier alpha value is -3.16. The van der Waals surface area contributed by atoms with Crippen LogP contribution in [0.3, 0.4) is 0 Å². The standard InChI is InChI=1S/C24H21ClN2O4S/c1-3-24(2,23(29)30)27-22(28)16-12-17(25)14-8-4-5-9-15(14)21(16)31-13-20-26-18-10-6-7-11-19(18)32-20/h4-12H,3,13H2,1-2H3,(H,27,28)(H,29,30)/t24-/m0/s1. The van der Waals surface area contributed by atoms with E-state index in [1.807, 2.05) is 48.5 Å². The van der Waals surface area contributed by atoms with E-state index in [4.69, 9.17) is 16.3 Å². The van der Waals surface area contributed by atoms with Gasteiger partial charge in [-0.3, -0.25) is 4.79 Å². The number of hydrogen-bond acceptors (Lipinski definition) is 5. The maximum absolute atomic E-state index is 13.2. The van der Waals surface area contributed by atoms with Crippen molar-refractivity contribution in [1.82, 2.24) is 10.3 Å². The maximum atomic E-state index is 13.2. The van der Waals surface area contributed by atoms with Crippen molar-refractivity contribution in [3.8, 4) is 5.75 Å².